The topological polar surface area (TPSA) is 78.3 Å². The van der Waals surface area contributed by atoms with Crippen LogP contribution in [0.4, 0.5) is 13.2 Å². The Morgan fingerprint density at radius 3 is 2.40 bits per heavy atom. The van der Waals surface area contributed by atoms with Gasteiger partial charge in [0.2, 0.25) is 5.91 Å². The number of fused-ring (bicyclic) bond motifs is 1. The van der Waals surface area contributed by atoms with Crippen LogP contribution in [0.15, 0.2) is 47.3 Å². The van der Waals surface area contributed by atoms with Crippen molar-refractivity contribution in [3.8, 4) is 5.75 Å². The van der Waals surface area contributed by atoms with Crippen LogP contribution in [0.2, 0.25) is 0 Å². The molecule has 0 unspecified atom stereocenters. The second-order valence-corrected chi connectivity index (χ2v) is 7.45. The van der Waals surface area contributed by atoms with Gasteiger partial charge in [-0.25, -0.2) is 4.79 Å². The largest absolute Gasteiger partial charge is 0.506 e. The van der Waals surface area contributed by atoms with Crippen LogP contribution in [-0.2, 0) is 17.4 Å². The number of hydrogen-bond acceptors (Lipinski definition) is 3. The minimum absolute atomic E-state index is 0.00695. The van der Waals surface area contributed by atoms with Gasteiger partial charge in [-0.1, -0.05) is 18.2 Å². The summed E-state index contributed by atoms with van der Waals surface area (Å²) in [6.07, 6.45) is -3.23. The number of carbonyl (C=O) groups excluding carboxylic acids is 1. The van der Waals surface area contributed by atoms with E-state index in [9.17, 15) is 27.9 Å². The normalized spacial score (nSPS) is 15.6. The fourth-order valence-corrected chi connectivity index (χ4v) is 3.97. The highest BCUT2D eigenvalue weighted by atomic mass is 19.4. The average Bonchev–Trinajstić information content (AvgIpc) is 3.05. The van der Waals surface area contributed by atoms with E-state index in [1.54, 1.807) is 21.6 Å². The number of alkyl halides is 3. The molecule has 0 spiro atoms. The van der Waals surface area contributed by atoms with Crippen LogP contribution in [0.1, 0.15) is 30.0 Å². The Labute approximate surface area is 169 Å². The lowest BCUT2D eigenvalue weighted by Crippen LogP contribution is -2.41. The summed E-state index contributed by atoms with van der Waals surface area (Å²) in [5.41, 5.74) is 0.493. The van der Waals surface area contributed by atoms with Crippen molar-refractivity contribution in [3.05, 3.63) is 64.1 Å². The second kappa shape index (κ2) is 7.55. The van der Waals surface area contributed by atoms with E-state index in [-0.39, 0.29) is 29.8 Å². The molecule has 2 aromatic carbocycles. The number of para-hydroxylation sites is 1. The molecular weight excluding hydrogens is 399 g/mol. The molecule has 1 fully saturated rings. The zero-order valence-corrected chi connectivity index (χ0v) is 15.9. The lowest BCUT2D eigenvalue weighted by molar-refractivity contribution is -0.137. The van der Waals surface area contributed by atoms with Crippen molar-refractivity contribution in [1.82, 2.24) is 14.5 Å². The van der Waals surface area contributed by atoms with Crippen LogP contribution < -0.4 is 5.69 Å². The quantitative estimate of drug-likeness (QED) is 0.683. The Balaban J connectivity index is 1.41. The third kappa shape index (κ3) is 3.79. The van der Waals surface area contributed by atoms with Crippen molar-refractivity contribution in [3.63, 3.8) is 0 Å². The summed E-state index contributed by atoms with van der Waals surface area (Å²) < 4.78 is 39.6. The molecule has 6 nitrogen and oxygen atoms in total. The minimum Gasteiger partial charge on any atom is -0.506 e. The van der Waals surface area contributed by atoms with Gasteiger partial charge in [0.05, 0.1) is 17.5 Å². The molecular formula is C21H20F3N3O3. The van der Waals surface area contributed by atoms with Crippen LogP contribution in [-0.4, -0.2) is 38.6 Å². The Morgan fingerprint density at radius 1 is 1.10 bits per heavy atom. The molecule has 2 N–H and O–H groups in total. The Morgan fingerprint density at radius 2 is 1.77 bits per heavy atom. The van der Waals surface area contributed by atoms with E-state index in [0.717, 1.165) is 12.1 Å². The number of aromatic hydroxyl groups is 1. The SMILES string of the molecule is O=C(Cc1ccc(C(F)(F)F)cc1)N1CCC(n2c(=O)[nH]c3c(O)cccc32)CC1. The van der Waals surface area contributed by atoms with Gasteiger partial charge in [-0.3, -0.25) is 9.36 Å². The fraction of sp³-hybridized carbons (Fsp3) is 0.333. The molecule has 2 heterocycles. The second-order valence-electron chi connectivity index (χ2n) is 7.45. The van der Waals surface area contributed by atoms with Gasteiger partial charge >= 0.3 is 11.9 Å². The van der Waals surface area contributed by atoms with E-state index in [1.165, 1.54) is 18.2 Å². The number of H-pyrrole nitrogens is 1. The van der Waals surface area contributed by atoms with Gasteiger partial charge in [0.1, 0.15) is 11.3 Å². The summed E-state index contributed by atoms with van der Waals surface area (Å²) in [5, 5.41) is 9.93. The standard InChI is InChI=1S/C21H20F3N3O3/c22-21(23,24)14-6-4-13(5-7-14)12-18(29)26-10-8-15(9-11-26)27-16-2-1-3-17(28)19(16)25-20(27)30/h1-7,15,28H,8-12H2,(H,25,30). The monoisotopic (exact) mass is 419 g/mol. The number of benzene rings is 2. The number of phenols is 1. The molecule has 30 heavy (non-hydrogen) atoms. The number of piperidine rings is 1. The number of nitrogens with one attached hydrogen (secondary N) is 1. The summed E-state index contributed by atoms with van der Waals surface area (Å²) in [4.78, 5) is 29.3. The molecule has 0 bridgehead atoms. The van der Waals surface area contributed by atoms with Gasteiger partial charge in [0, 0.05) is 19.1 Å². The summed E-state index contributed by atoms with van der Waals surface area (Å²) >= 11 is 0. The number of nitrogens with zero attached hydrogens (tertiary/aromatic N) is 2. The van der Waals surface area contributed by atoms with Crippen molar-refractivity contribution in [1.29, 1.82) is 0 Å². The molecule has 158 valence electrons. The van der Waals surface area contributed by atoms with E-state index >= 15 is 0 Å². The van der Waals surface area contributed by atoms with E-state index in [0.29, 0.717) is 42.5 Å². The third-order valence-electron chi connectivity index (χ3n) is 5.55. The van der Waals surface area contributed by atoms with Crippen LogP contribution in [0.5, 0.6) is 5.75 Å². The summed E-state index contributed by atoms with van der Waals surface area (Å²) in [6, 6.07) is 9.44. The number of aromatic amines is 1. The molecule has 1 aliphatic rings. The highest BCUT2D eigenvalue weighted by Gasteiger charge is 2.30. The zero-order valence-electron chi connectivity index (χ0n) is 15.9. The highest BCUT2D eigenvalue weighted by molar-refractivity contribution is 5.81. The molecule has 1 amide bonds. The summed E-state index contributed by atoms with van der Waals surface area (Å²) in [7, 11) is 0. The van der Waals surface area contributed by atoms with Crippen molar-refractivity contribution in [2.75, 3.05) is 13.1 Å². The molecule has 1 aromatic heterocycles. The molecule has 0 saturated carbocycles. The van der Waals surface area contributed by atoms with Gasteiger partial charge < -0.3 is 15.0 Å². The summed E-state index contributed by atoms with van der Waals surface area (Å²) in [6.45, 7) is 0.893. The van der Waals surface area contributed by atoms with Gasteiger partial charge in [-0.15, -0.1) is 0 Å². The number of aromatic nitrogens is 2. The number of rotatable bonds is 3. The van der Waals surface area contributed by atoms with Crippen molar-refractivity contribution >= 4 is 16.9 Å². The highest BCUT2D eigenvalue weighted by Crippen LogP contribution is 2.30. The van der Waals surface area contributed by atoms with E-state index in [4.69, 9.17) is 0 Å². The number of hydrogen-bond donors (Lipinski definition) is 2. The number of phenolic OH excluding ortho intramolecular Hbond substituents is 1. The maximum atomic E-state index is 12.7. The van der Waals surface area contributed by atoms with Gasteiger partial charge in [0.25, 0.3) is 0 Å². The van der Waals surface area contributed by atoms with E-state index < -0.39 is 11.7 Å². The zero-order chi connectivity index (χ0) is 21.5. The number of imidazole rings is 1. The van der Waals surface area contributed by atoms with Gasteiger partial charge in [-0.05, 0) is 42.7 Å². The third-order valence-corrected chi connectivity index (χ3v) is 5.55. The molecule has 0 radical (unpaired) electrons. The Bertz CT molecular complexity index is 1120. The Kier molecular flexibility index (Phi) is 5.05. The molecule has 1 saturated heterocycles. The maximum absolute atomic E-state index is 12.7. The predicted octanol–water partition coefficient (Wildman–Crippen LogP) is 3.46. The van der Waals surface area contributed by atoms with Crippen LogP contribution in [0.3, 0.4) is 0 Å². The fourth-order valence-electron chi connectivity index (χ4n) is 3.97. The van der Waals surface area contributed by atoms with E-state index in [1.807, 2.05) is 0 Å². The number of carbonyl (C=O) groups is 1. The predicted molar refractivity (Wildman–Crippen MR) is 104 cm³/mol. The molecule has 4 rings (SSSR count). The number of halogens is 3. The van der Waals surface area contributed by atoms with Gasteiger partial charge in [0.15, 0.2) is 0 Å². The first-order valence-corrected chi connectivity index (χ1v) is 9.60. The van der Waals surface area contributed by atoms with Crippen LogP contribution in [0, 0.1) is 0 Å². The average molecular weight is 419 g/mol. The van der Waals surface area contributed by atoms with Crippen LogP contribution >= 0.6 is 0 Å². The number of amides is 1. The first-order chi connectivity index (χ1) is 14.2. The lowest BCUT2D eigenvalue weighted by Gasteiger charge is -2.32. The van der Waals surface area contributed by atoms with Crippen molar-refractivity contribution in [2.45, 2.75) is 31.5 Å². The molecule has 0 atom stereocenters. The minimum atomic E-state index is -4.40. The molecule has 3 aromatic rings. The van der Waals surface area contributed by atoms with Gasteiger partial charge in [-0.2, -0.15) is 13.2 Å². The molecule has 9 heteroatoms. The summed E-state index contributed by atoms with van der Waals surface area (Å²) in [5.74, 6) is -0.148. The lowest BCUT2D eigenvalue weighted by atomic mass is 10.0. The van der Waals surface area contributed by atoms with Crippen molar-refractivity contribution < 1.29 is 23.1 Å². The van der Waals surface area contributed by atoms with E-state index in [2.05, 4.69) is 4.98 Å². The molecule has 0 aliphatic carbocycles. The van der Waals surface area contributed by atoms with Crippen LogP contribution in [0.25, 0.3) is 11.0 Å². The first-order valence-electron chi connectivity index (χ1n) is 9.60. The maximum Gasteiger partial charge on any atom is 0.416 e. The van der Waals surface area contributed by atoms with Crippen molar-refractivity contribution in [2.24, 2.45) is 0 Å². The molecule has 1 aliphatic heterocycles. The smallest absolute Gasteiger partial charge is 0.416 e. The Hall–Kier alpha value is -3.23. The number of likely N-dealkylation sites (tertiary alicyclic amines) is 1. The first kappa shape index (κ1) is 20.1.